The zero-order valence-electron chi connectivity index (χ0n) is 17.7. The van der Waals surface area contributed by atoms with Gasteiger partial charge in [0.25, 0.3) is 0 Å². The molecule has 4 rings (SSSR count). The zero-order chi connectivity index (χ0) is 21.1. The smallest absolute Gasteiger partial charge is 0.224 e. The van der Waals surface area contributed by atoms with E-state index in [1.54, 1.807) is 0 Å². The fourth-order valence-electron chi connectivity index (χ4n) is 4.46. The maximum Gasteiger partial charge on any atom is 0.224 e. The van der Waals surface area contributed by atoms with Gasteiger partial charge in [0.05, 0.1) is 0 Å². The quantitative estimate of drug-likeness (QED) is 0.614. The number of aromatic amines is 1. The first-order valence-electron chi connectivity index (χ1n) is 10.7. The number of hydrogen-bond donors (Lipinski definition) is 2. The zero-order valence-corrected chi connectivity index (χ0v) is 17.7. The van der Waals surface area contributed by atoms with Gasteiger partial charge in [-0.3, -0.25) is 9.59 Å². The molecule has 0 aliphatic carbocycles. The van der Waals surface area contributed by atoms with Crippen molar-refractivity contribution in [3.63, 3.8) is 0 Å². The van der Waals surface area contributed by atoms with E-state index in [4.69, 9.17) is 0 Å². The predicted molar refractivity (Wildman–Crippen MR) is 119 cm³/mol. The highest BCUT2D eigenvalue weighted by atomic mass is 16.2. The Morgan fingerprint density at radius 1 is 1.13 bits per heavy atom. The molecule has 2 aromatic carbocycles. The summed E-state index contributed by atoms with van der Waals surface area (Å²) in [6.07, 6.45) is 4.09. The van der Waals surface area contributed by atoms with E-state index in [1.807, 2.05) is 73.5 Å². The minimum absolute atomic E-state index is 0.00222. The molecule has 156 valence electrons. The maximum atomic E-state index is 13.0. The molecule has 1 aromatic heterocycles. The van der Waals surface area contributed by atoms with Gasteiger partial charge in [0.2, 0.25) is 11.8 Å². The minimum atomic E-state index is -0.718. The van der Waals surface area contributed by atoms with Crippen molar-refractivity contribution >= 4 is 22.7 Å². The lowest BCUT2D eigenvalue weighted by molar-refractivity contribution is -0.135. The first-order valence-corrected chi connectivity index (χ1v) is 10.7. The number of carbonyl (C=O) groups excluding carboxylic acids is 2. The second-order valence-corrected chi connectivity index (χ2v) is 8.68. The molecule has 30 heavy (non-hydrogen) atoms. The van der Waals surface area contributed by atoms with Crippen molar-refractivity contribution in [1.82, 2.24) is 15.2 Å². The molecule has 1 fully saturated rings. The number of para-hydroxylation sites is 1. The minimum Gasteiger partial charge on any atom is -0.361 e. The number of carbonyl (C=O) groups is 2. The van der Waals surface area contributed by atoms with Gasteiger partial charge in [-0.2, -0.15) is 0 Å². The molecule has 1 aliphatic heterocycles. The molecular formula is C25H29N3O2. The Morgan fingerprint density at radius 3 is 2.63 bits per heavy atom. The highest BCUT2D eigenvalue weighted by Gasteiger charge is 2.46. The molecule has 0 spiro atoms. The first kappa shape index (κ1) is 20.2. The summed E-state index contributed by atoms with van der Waals surface area (Å²) in [5.74, 6) is 0.343. The summed E-state index contributed by atoms with van der Waals surface area (Å²) in [7, 11) is 0. The number of rotatable bonds is 7. The summed E-state index contributed by atoms with van der Waals surface area (Å²) in [5.41, 5.74) is 2.52. The Balaban J connectivity index is 1.70. The van der Waals surface area contributed by atoms with Gasteiger partial charge in [-0.15, -0.1) is 0 Å². The van der Waals surface area contributed by atoms with Crippen molar-refractivity contribution in [3.05, 3.63) is 71.9 Å². The standard InChI is InChI=1S/C25H29N3O2/c1-18(2)14-23(29)27-25(15-20-16-26-22-11-7-6-10-21(20)22)13-12-24(30)28(25)17-19-8-4-3-5-9-19/h3-11,16,18,26H,12-15,17H2,1-2H3,(H,27,29)/t25-/m0/s1. The van der Waals surface area contributed by atoms with Crippen LogP contribution in [0.5, 0.6) is 0 Å². The molecule has 1 atom stereocenters. The van der Waals surface area contributed by atoms with Crippen LogP contribution in [0.1, 0.15) is 44.2 Å². The SMILES string of the molecule is CC(C)CC(=O)N[C@@]1(Cc2c[nH]c3ccccc23)CCC(=O)N1Cc1ccccc1. The molecule has 0 saturated carbocycles. The molecule has 5 nitrogen and oxygen atoms in total. The number of aromatic nitrogens is 1. The number of nitrogens with zero attached hydrogens (tertiary/aromatic N) is 1. The number of nitrogens with one attached hydrogen (secondary N) is 2. The summed E-state index contributed by atoms with van der Waals surface area (Å²) < 4.78 is 0. The highest BCUT2D eigenvalue weighted by molar-refractivity contribution is 5.85. The molecule has 1 aliphatic rings. The summed E-state index contributed by atoms with van der Waals surface area (Å²) in [6.45, 7) is 4.56. The van der Waals surface area contributed by atoms with Crippen LogP contribution in [0.15, 0.2) is 60.8 Å². The van der Waals surface area contributed by atoms with Crippen LogP contribution >= 0.6 is 0 Å². The van der Waals surface area contributed by atoms with Gasteiger partial charge in [0, 0.05) is 42.9 Å². The van der Waals surface area contributed by atoms with E-state index in [0.717, 1.165) is 22.0 Å². The fraction of sp³-hybridized carbons (Fsp3) is 0.360. The van der Waals surface area contributed by atoms with Gasteiger partial charge >= 0.3 is 0 Å². The molecule has 3 aromatic rings. The number of likely N-dealkylation sites (tertiary alicyclic amines) is 1. The second-order valence-electron chi connectivity index (χ2n) is 8.68. The molecule has 0 radical (unpaired) electrons. The van der Waals surface area contributed by atoms with E-state index < -0.39 is 5.66 Å². The lowest BCUT2D eigenvalue weighted by Crippen LogP contribution is -2.59. The van der Waals surface area contributed by atoms with Gasteiger partial charge in [-0.1, -0.05) is 62.4 Å². The van der Waals surface area contributed by atoms with Crippen molar-refractivity contribution < 1.29 is 9.59 Å². The predicted octanol–water partition coefficient (Wildman–Crippen LogP) is 4.39. The van der Waals surface area contributed by atoms with Crippen LogP contribution in [0.25, 0.3) is 10.9 Å². The van der Waals surface area contributed by atoms with Crippen molar-refractivity contribution in [2.45, 2.75) is 51.7 Å². The van der Waals surface area contributed by atoms with Crippen LogP contribution in [0, 0.1) is 5.92 Å². The third-order valence-electron chi connectivity index (χ3n) is 5.88. The van der Waals surface area contributed by atoms with Crippen LogP contribution in [0.4, 0.5) is 0 Å². The molecule has 1 saturated heterocycles. The number of H-pyrrole nitrogens is 1. The van der Waals surface area contributed by atoms with E-state index in [-0.39, 0.29) is 17.7 Å². The molecule has 2 amide bonds. The third-order valence-corrected chi connectivity index (χ3v) is 5.88. The Bertz CT molecular complexity index is 1040. The molecular weight excluding hydrogens is 374 g/mol. The maximum absolute atomic E-state index is 13.0. The van der Waals surface area contributed by atoms with Gasteiger partial charge in [0.1, 0.15) is 5.66 Å². The fourth-order valence-corrected chi connectivity index (χ4v) is 4.46. The lowest BCUT2D eigenvalue weighted by Gasteiger charge is -2.40. The van der Waals surface area contributed by atoms with Crippen LogP contribution in [-0.2, 0) is 22.6 Å². The van der Waals surface area contributed by atoms with Gasteiger partial charge in [0.15, 0.2) is 0 Å². The molecule has 2 heterocycles. The average molecular weight is 404 g/mol. The van der Waals surface area contributed by atoms with Crippen molar-refractivity contribution in [2.75, 3.05) is 0 Å². The monoisotopic (exact) mass is 403 g/mol. The molecule has 0 bridgehead atoms. The molecule has 5 heteroatoms. The van der Waals surface area contributed by atoms with Gasteiger partial charge in [-0.05, 0) is 29.5 Å². The highest BCUT2D eigenvalue weighted by Crippen LogP contribution is 2.35. The Morgan fingerprint density at radius 2 is 1.87 bits per heavy atom. The summed E-state index contributed by atoms with van der Waals surface area (Å²) in [5, 5.41) is 4.41. The van der Waals surface area contributed by atoms with Gasteiger partial charge in [-0.25, -0.2) is 0 Å². The lowest BCUT2D eigenvalue weighted by atomic mass is 9.95. The number of fused-ring (bicyclic) bond motifs is 1. The van der Waals surface area contributed by atoms with Crippen molar-refractivity contribution in [3.8, 4) is 0 Å². The Labute approximate surface area is 177 Å². The van der Waals surface area contributed by atoms with E-state index in [0.29, 0.717) is 32.2 Å². The topological polar surface area (TPSA) is 65.2 Å². The van der Waals surface area contributed by atoms with E-state index >= 15 is 0 Å². The van der Waals surface area contributed by atoms with Crippen LogP contribution < -0.4 is 5.32 Å². The van der Waals surface area contributed by atoms with E-state index in [9.17, 15) is 9.59 Å². The summed E-state index contributed by atoms with van der Waals surface area (Å²) >= 11 is 0. The van der Waals surface area contributed by atoms with Crippen molar-refractivity contribution in [2.24, 2.45) is 5.92 Å². The van der Waals surface area contributed by atoms with Gasteiger partial charge < -0.3 is 15.2 Å². The second kappa shape index (κ2) is 8.34. The first-order chi connectivity index (χ1) is 14.5. The van der Waals surface area contributed by atoms with Crippen molar-refractivity contribution in [1.29, 1.82) is 0 Å². The number of benzene rings is 2. The third kappa shape index (κ3) is 4.11. The largest absolute Gasteiger partial charge is 0.361 e. The average Bonchev–Trinajstić information content (AvgIpc) is 3.25. The van der Waals surface area contributed by atoms with E-state index in [2.05, 4.69) is 16.4 Å². The molecule has 2 N–H and O–H groups in total. The Hall–Kier alpha value is -3.08. The number of amides is 2. The van der Waals surface area contributed by atoms with Crippen LogP contribution in [0.2, 0.25) is 0 Å². The summed E-state index contributed by atoms with van der Waals surface area (Å²) in [4.78, 5) is 31.0. The summed E-state index contributed by atoms with van der Waals surface area (Å²) in [6, 6.07) is 18.1. The number of hydrogen-bond acceptors (Lipinski definition) is 2. The van der Waals surface area contributed by atoms with E-state index in [1.165, 1.54) is 0 Å². The van der Waals surface area contributed by atoms with Crippen LogP contribution in [0.3, 0.4) is 0 Å². The normalized spacial score (nSPS) is 19.0. The molecule has 0 unspecified atom stereocenters. The Kier molecular flexibility index (Phi) is 5.62. The van der Waals surface area contributed by atoms with Crippen LogP contribution in [-0.4, -0.2) is 27.4 Å².